The molecular weight excluding hydrogens is 376 g/mol. The van der Waals surface area contributed by atoms with Crippen LogP contribution in [0.1, 0.15) is 33.9 Å². The monoisotopic (exact) mass is 388 g/mol. The molecule has 0 saturated heterocycles. The quantitative estimate of drug-likeness (QED) is 0.740. The van der Waals surface area contributed by atoms with Crippen molar-refractivity contribution >= 4 is 43.2 Å². The number of aliphatic hydroxyl groups is 1. The summed E-state index contributed by atoms with van der Waals surface area (Å²) in [5, 5.41) is 10.6. The van der Waals surface area contributed by atoms with E-state index in [1.165, 1.54) is 5.56 Å². The molecule has 1 N–H and O–H groups in total. The van der Waals surface area contributed by atoms with Gasteiger partial charge in [-0.2, -0.15) is 0 Å². The Kier molecular flexibility index (Phi) is 4.32. The molecule has 1 atom stereocenters. The minimum absolute atomic E-state index is 0.581. The number of thiophene rings is 1. The first-order valence-corrected chi connectivity index (χ1v) is 8.01. The lowest BCUT2D eigenvalue weighted by molar-refractivity contribution is 0.218. The number of rotatable bonds is 2. The van der Waals surface area contributed by atoms with Crippen LogP contribution in [0.3, 0.4) is 0 Å². The van der Waals surface area contributed by atoms with E-state index in [9.17, 15) is 5.11 Å². The summed E-state index contributed by atoms with van der Waals surface area (Å²) in [6.07, 6.45) is -0.581. The Hall–Kier alpha value is -0.160. The molecule has 0 radical (unpaired) electrons. The fourth-order valence-corrected chi connectivity index (χ4v) is 5.20. The summed E-state index contributed by atoms with van der Waals surface area (Å²) in [5.41, 5.74) is 5.42. The second-order valence-electron chi connectivity index (χ2n) is 4.49. The van der Waals surface area contributed by atoms with Gasteiger partial charge in [0.05, 0.1) is 7.57 Å². The molecule has 0 bridgehead atoms. The van der Waals surface area contributed by atoms with Crippen molar-refractivity contribution in [2.24, 2.45) is 0 Å². The SMILES string of the molecule is Cc1cc(C)c(C(O)c2cc(Br)sc2Br)c(C)c1. The van der Waals surface area contributed by atoms with Crippen LogP contribution in [0.15, 0.2) is 25.8 Å². The summed E-state index contributed by atoms with van der Waals surface area (Å²) in [4.78, 5) is 0. The molecule has 1 heterocycles. The van der Waals surface area contributed by atoms with Gasteiger partial charge in [0.2, 0.25) is 0 Å². The summed E-state index contributed by atoms with van der Waals surface area (Å²) >= 11 is 8.54. The fourth-order valence-electron chi connectivity index (χ4n) is 2.32. The zero-order valence-electron chi connectivity index (χ0n) is 10.4. The van der Waals surface area contributed by atoms with E-state index in [0.717, 1.165) is 29.8 Å². The van der Waals surface area contributed by atoms with Crippen LogP contribution in [0, 0.1) is 20.8 Å². The zero-order valence-corrected chi connectivity index (χ0v) is 14.4. The Morgan fingerprint density at radius 1 is 1.06 bits per heavy atom. The topological polar surface area (TPSA) is 20.2 Å². The Morgan fingerprint density at radius 3 is 2.06 bits per heavy atom. The number of aryl methyl sites for hydroxylation is 3. The van der Waals surface area contributed by atoms with E-state index in [2.05, 4.69) is 50.9 Å². The lowest BCUT2D eigenvalue weighted by Crippen LogP contribution is -2.04. The smallest absolute Gasteiger partial charge is 0.107 e. The molecule has 0 aliphatic rings. The van der Waals surface area contributed by atoms with Gasteiger partial charge in [0.15, 0.2) is 0 Å². The molecular formula is C14H14Br2OS. The summed E-state index contributed by atoms with van der Waals surface area (Å²) in [6.45, 7) is 6.18. The number of benzene rings is 1. The van der Waals surface area contributed by atoms with Gasteiger partial charge in [0, 0.05) is 5.56 Å². The van der Waals surface area contributed by atoms with E-state index in [4.69, 9.17) is 0 Å². The summed E-state index contributed by atoms with van der Waals surface area (Å²) in [5.74, 6) is 0. The molecule has 0 aliphatic heterocycles. The second kappa shape index (κ2) is 5.45. The standard InChI is InChI=1S/C14H14Br2OS/c1-7-4-8(2)12(9(3)5-7)13(17)10-6-11(15)18-14(10)16/h4-6,13,17H,1-3H3. The van der Waals surface area contributed by atoms with E-state index in [1.807, 2.05) is 19.9 Å². The van der Waals surface area contributed by atoms with E-state index >= 15 is 0 Å². The Morgan fingerprint density at radius 2 is 1.61 bits per heavy atom. The zero-order chi connectivity index (χ0) is 13.4. The van der Waals surface area contributed by atoms with Crippen LogP contribution in [0.5, 0.6) is 0 Å². The largest absolute Gasteiger partial charge is 0.384 e. The third kappa shape index (κ3) is 2.72. The van der Waals surface area contributed by atoms with Crippen molar-refractivity contribution in [2.75, 3.05) is 0 Å². The highest BCUT2D eigenvalue weighted by Gasteiger charge is 2.20. The van der Waals surface area contributed by atoms with Gasteiger partial charge in [0.1, 0.15) is 6.10 Å². The van der Waals surface area contributed by atoms with E-state index < -0.39 is 6.10 Å². The van der Waals surface area contributed by atoms with Crippen LogP contribution >= 0.6 is 43.2 Å². The third-order valence-electron chi connectivity index (χ3n) is 2.99. The molecule has 2 aromatic rings. The van der Waals surface area contributed by atoms with Gasteiger partial charge in [-0.15, -0.1) is 11.3 Å². The van der Waals surface area contributed by atoms with Crippen LogP contribution in [0.4, 0.5) is 0 Å². The molecule has 96 valence electrons. The van der Waals surface area contributed by atoms with Crippen LogP contribution in [0.2, 0.25) is 0 Å². The van der Waals surface area contributed by atoms with Crippen molar-refractivity contribution in [2.45, 2.75) is 26.9 Å². The highest BCUT2D eigenvalue weighted by atomic mass is 79.9. The first kappa shape index (κ1) is 14.3. The maximum atomic E-state index is 10.6. The molecule has 18 heavy (non-hydrogen) atoms. The molecule has 4 heteroatoms. The molecule has 0 saturated carbocycles. The number of hydrogen-bond acceptors (Lipinski definition) is 2. The molecule has 0 fully saturated rings. The van der Waals surface area contributed by atoms with E-state index in [0.29, 0.717) is 0 Å². The number of halogens is 2. The van der Waals surface area contributed by atoms with Crippen molar-refractivity contribution in [3.05, 3.63) is 53.6 Å². The third-order valence-corrected chi connectivity index (χ3v) is 5.37. The molecule has 1 unspecified atom stereocenters. The second-order valence-corrected chi connectivity index (χ2v) is 8.24. The lowest BCUT2D eigenvalue weighted by Gasteiger charge is -2.17. The number of aliphatic hydroxyl groups excluding tert-OH is 1. The van der Waals surface area contributed by atoms with Gasteiger partial charge in [-0.1, -0.05) is 17.7 Å². The molecule has 0 aliphatic carbocycles. The Bertz CT molecular complexity index is 566. The van der Waals surface area contributed by atoms with Gasteiger partial charge in [-0.3, -0.25) is 0 Å². The maximum absolute atomic E-state index is 10.6. The summed E-state index contributed by atoms with van der Waals surface area (Å²) < 4.78 is 1.99. The molecule has 2 rings (SSSR count). The summed E-state index contributed by atoms with van der Waals surface area (Å²) in [7, 11) is 0. The summed E-state index contributed by atoms with van der Waals surface area (Å²) in [6, 6.07) is 6.19. The fraction of sp³-hybridized carbons (Fsp3) is 0.286. The van der Waals surface area contributed by atoms with Gasteiger partial charge < -0.3 is 5.11 Å². The van der Waals surface area contributed by atoms with Crippen molar-refractivity contribution in [1.82, 2.24) is 0 Å². The Labute approximate surface area is 128 Å². The van der Waals surface area contributed by atoms with Crippen LogP contribution in [-0.4, -0.2) is 5.11 Å². The average molecular weight is 390 g/mol. The van der Waals surface area contributed by atoms with Gasteiger partial charge in [-0.25, -0.2) is 0 Å². The van der Waals surface area contributed by atoms with Crippen molar-refractivity contribution in [1.29, 1.82) is 0 Å². The molecule has 1 aromatic heterocycles. The maximum Gasteiger partial charge on any atom is 0.107 e. The molecule has 1 aromatic carbocycles. The van der Waals surface area contributed by atoms with Crippen LogP contribution < -0.4 is 0 Å². The predicted molar refractivity (Wildman–Crippen MR) is 84.4 cm³/mol. The Balaban J connectivity index is 2.52. The van der Waals surface area contributed by atoms with Crippen molar-refractivity contribution in [3.8, 4) is 0 Å². The number of hydrogen-bond donors (Lipinski definition) is 1. The van der Waals surface area contributed by atoms with Gasteiger partial charge in [0.25, 0.3) is 0 Å². The van der Waals surface area contributed by atoms with Gasteiger partial charge in [-0.05, 0) is 75.4 Å². The predicted octanol–water partition coefficient (Wildman–Crippen LogP) is 5.28. The first-order valence-electron chi connectivity index (χ1n) is 5.60. The molecule has 1 nitrogen and oxygen atoms in total. The van der Waals surface area contributed by atoms with E-state index in [1.54, 1.807) is 11.3 Å². The normalized spacial score (nSPS) is 12.8. The minimum Gasteiger partial charge on any atom is -0.384 e. The van der Waals surface area contributed by atoms with Crippen LogP contribution in [0.25, 0.3) is 0 Å². The first-order chi connectivity index (χ1) is 8.40. The molecule has 0 amide bonds. The van der Waals surface area contributed by atoms with Gasteiger partial charge >= 0.3 is 0 Å². The van der Waals surface area contributed by atoms with Crippen LogP contribution in [-0.2, 0) is 0 Å². The minimum atomic E-state index is -0.581. The highest BCUT2D eigenvalue weighted by Crippen LogP contribution is 2.39. The van der Waals surface area contributed by atoms with Crippen molar-refractivity contribution < 1.29 is 5.11 Å². The highest BCUT2D eigenvalue weighted by molar-refractivity contribution is 9.12. The average Bonchev–Trinajstić information content (AvgIpc) is 2.56. The van der Waals surface area contributed by atoms with Crippen molar-refractivity contribution in [3.63, 3.8) is 0 Å². The molecule has 0 spiro atoms. The van der Waals surface area contributed by atoms with E-state index in [-0.39, 0.29) is 0 Å². The lowest BCUT2D eigenvalue weighted by atomic mass is 9.93.